The first kappa shape index (κ1) is 25.3. The Bertz CT molecular complexity index is 1040. The molecule has 2 rings (SSSR count). The van der Waals surface area contributed by atoms with E-state index in [2.05, 4.69) is 5.32 Å². The second-order valence-corrected chi connectivity index (χ2v) is 6.90. The van der Waals surface area contributed by atoms with Gasteiger partial charge in [-0.2, -0.15) is 13.2 Å². The minimum absolute atomic E-state index is 0.0314. The van der Waals surface area contributed by atoms with Crippen molar-refractivity contribution >= 4 is 23.5 Å². The predicted molar refractivity (Wildman–Crippen MR) is 109 cm³/mol. The maximum absolute atomic E-state index is 13.0. The standard InChI is InChI=1S/C21H20F3N3O6/c1-2-33-17(28)11-16(12-6-8-15(9-7-12)27(31)32)18(19(25)29)26-20(30)13-4-3-5-14(10-13)21(22,23)24/h3-10,16,18H,2,11H2,1H3,(H2,25,29)(H,26,30)/t16-,18-/m0/s1. The number of nitrogens with two attached hydrogens (primary N) is 1. The van der Waals surface area contributed by atoms with Gasteiger partial charge in [-0.3, -0.25) is 24.5 Å². The first-order valence-electron chi connectivity index (χ1n) is 9.61. The topological polar surface area (TPSA) is 142 Å². The average molecular weight is 467 g/mol. The average Bonchev–Trinajstić information content (AvgIpc) is 2.75. The fraction of sp³-hybridized carbons (Fsp3) is 0.286. The van der Waals surface area contributed by atoms with E-state index in [4.69, 9.17) is 10.5 Å². The van der Waals surface area contributed by atoms with Crippen LogP contribution in [0.15, 0.2) is 48.5 Å². The van der Waals surface area contributed by atoms with Crippen LogP contribution in [0.1, 0.15) is 40.7 Å². The molecule has 0 aliphatic carbocycles. The van der Waals surface area contributed by atoms with Crippen LogP contribution < -0.4 is 11.1 Å². The van der Waals surface area contributed by atoms with Crippen LogP contribution in [0.25, 0.3) is 0 Å². The second-order valence-electron chi connectivity index (χ2n) is 6.90. The lowest BCUT2D eigenvalue weighted by Gasteiger charge is -2.25. The molecule has 0 bridgehead atoms. The smallest absolute Gasteiger partial charge is 0.416 e. The summed E-state index contributed by atoms with van der Waals surface area (Å²) in [5.74, 6) is -3.93. The first-order chi connectivity index (χ1) is 15.4. The zero-order valence-electron chi connectivity index (χ0n) is 17.3. The maximum Gasteiger partial charge on any atom is 0.416 e. The van der Waals surface area contributed by atoms with Crippen molar-refractivity contribution in [2.75, 3.05) is 6.61 Å². The van der Waals surface area contributed by atoms with Crippen LogP contribution in [-0.2, 0) is 20.5 Å². The lowest BCUT2D eigenvalue weighted by atomic mass is 9.87. The highest BCUT2D eigenvalue weighted by Gasteiger charge is 2.34. The molecule has 0 aliphatic heterocycles. The molecule has 0 saturated carbocycles. The summed E-state index contributed by atoms with van der Waals surface area (Å²) in [6.07, 6.45) is -5.12. The van der Waals surface area contributed by atoms with Gasteiger partial charge in [0.25, 0.3) is 11.6 Å². The summed E-state index contributed by atoms with van der Waals surface area (Å²) < 4.78 is 43.8. The van der Waals surface area contributed by atoms with Gasteiger partial charge in [-0.05, 0) is 30.7 Å². The number of hydrogen-bond donors (Lipinski definition) is 2. The number of hydrogen-bond acceptors (Lipinski definition) is 6. The molecule has 0 saturated heterocycles. The van der Waals surface area contributed by atoms with E-state index in [1.165, 1.54) is 12.1 Å². The van der Waals surface area contributed by atoms with Crippen molar-refractivity contribution in [2.45, 2.75) is 31.5 Å². The van der Waals surface area contributed by atoms with Gasteiger partial charge in [-0.1, -0.05) is 18.2 Å². The van der Waals surface area contributed by atoms with E-state index >= 15 is 0 Å². The van der Waals surface area contributed by atoms with Crippen molar-refractivity contribution in [3.8, 4) is 0 Å². The molecule has 33 heavy (non-hydrogen) atoms. The van der Waals surface area contributed by atoms with Gasteiger partial charge in [0.2, 0.25) is 5.91 Å². The van der Waals surface area contributed by atoms with E-state index in [1.807, 2.05) is 0 Å². The Kier molecular flexibility index (Phi) is 8.10. The molecule has 0 unspecified atom stereocenters. The second kappa shape index (κ2) is 10.6. The summed E-state index contributed by atoms with van der Waals surface area (Å²) in [6.45, 7) is 1.59. The van der Waals surface area contributed by atoms with Crippen LogP contribution in [0.5, 0.6) is 0 Å². The number of carbonyl (C=O) groups excluding carboxylic acids is 3. The Balaban J connectivity index is 2.40. The minimum atomic E-state index is -4.69. The molecule has 0 aliphatic rings. The Hall–Kier alpha value is -3.96. The Morgan fingerprint density at radius 3 is 2.30 bits per heavy atom. The van der Waals surface area contributed by atoms with E-state index < -0.39 is 52.8 Å². The number of nitro groups is 1. The largest absolute Gasteiger partial charge is 0.466 e. The molecule has 0 heterocycles. The number of alkyl halides is 3. The van der Waals surface area contributed by atoms with Gasteiger partial charge in [0.05, 0.1) is 23.5 Å². The van der Waals surface area contributed by atoms with Crippen LogP contribution in [0.4, 0.5) is 18.9 Å². The number of halogens is 3. The Morgan fingerprint density at radius 2 is 1.79 bits per heavy atom. The third-order valence-electron chi connectivity index (χ3n) is 4.67. The molecule has 0 fully saturated rings. The van der Waals surface area contributed by atoms with Gasteiger partial charge in [0.1, 0.15) is 6.04 Å². The molecule has 0 aromatic heterocycles. The third kappa shape index (κ3) is 6.76. The number of ether oxygens (including phenoxy) is 1. The van der Waals surface area contributed by atoms with Crippen molar-refractivity contribution in [3.05, 3.63) is 75.3 Å². The third-order valence-corrected chi connectivity index (χ3v) is 4.67. The highest BCUT2D eigenvalue weighted by atomic mass is 19.4. The summed E-state index contributed by atoms with van der Waals surface area (Å²) in [5.41, 5.74) is 3.99. The van der Waals surface area contributed by atoms with E-state index in [1.54, 1.807) is 6.92 Å². The number of carbonyl (C=O) groups is 3. The molecule has 2 amide bonds. The van der Waals surface area contributed by atoms with Crippen LogP contribution in [0, 0.1) is 10.1 Å². The van der Waals surface area contributed by atoms with E-state index in [9.17, 15) is 37.7 Å². The maximum atomic E-state index is 13.0. The first-order valence-corrected chi connectivity index (χ1v) is 9.61. The fourth-order valence-corrected chi connectivity index (χ4v) is 3.10. The summed E-state index contributed by atoms with van der Waals surface area (Å²) >= 11 is 0. The van der Waals surface area contributed by atoms with Crippen molar-refractivity contribution in [2.24, 2.45) is 5.73 Å². The van der Waals surface area contributed by atoms with Crippen LogP contribution in [0.2, 0.25) is 0 Å². The van der Waals surface area contributed by atoms with Gasteiger partial charge < -0.3 is 15.8 Å². The number of nitro benzene ring substituents is 1. The van der Waals surface area contributed by atoms with Crippen LogP contribution >= 0.6 is 0 Å². The monoisotopic (exact) mass is 467 g/mol. The molecular weight excluding hydrogens is 447 g/mol. The van der Waals surface area contributed by atoms with Gasteiger partial charge in [0.15, 0.2) is 0 Å². The number of benzene rings is 2. The van der Waals surface area contributed by atoms with Crippen molar-refractivity contribution < 1.29 is 37.2 Å². The molecule has 2 aromatic carbocycles. The molecule has 2 aromatic rings. The molecule has 2 atom stereocenters. The summed E-state index contributed by atoms with van der Waals surface area (Å²) in [5, 5.41) is 13.2. The number of esters is 1. The van der Waals surface area contributed by atoms with Gasteiger partial charge >= 0.3 is 12.1 Å². The zero-order chi connectivity index (χ0) is 24.8. The molecular formula is C21H20F3N3O6. The van der Waals surface area contributed by atoms with Crippen LogP contribution in [-0.4, -0.2) is 35.4 Å². The zero-order valence-corrected chi connectivity index (χ0v) is 17.3. The minimum Gasteiger partial charge on any atom is -0.466 e. The molecule has 176 valence electrons. The van der Waals surface area contributed by atoms with Crippen molar-refractivity contribution in [1.82, 2.24) is 5.32 Å². The van der Waals surface area contributed by atoms with Crippen molar-refractivity contribution in [3.63, 3.8) is 0 Å². The van der Waals surface area contributed by atoms with Crippen LogP contribution in [0.3, 0.4) is 0 Å². The predicted octanol–water partition coefficient (Wildman–Crippen LogP) is 2.93. The van der Waals surface area contributed by atoms with Gasteiger partial charge in [0, 0.05) is 23.6 Å². The SMILES string of the molecule is CCOC(=O)C[C@@H](c1ccc([N+](=O)[O-])cc1)[C@H](NC(=O)c1cccc(C(F)(F)F)c1)C(N)=O. The highest BCUT2D eigenvalue weighted by Crippen LogP contribution is 2.30. The molecule has 3 N–H and O–H groups in total. The van der Waals surface area contributed by atoms with E-state index in [0.29, 0.717) is 6.07 Å². The van der Waals surface area contributed by atoms with Gasteiger partial charge in [-0.15, -0.1) is 0 Å². The Morgan fingerprint density at radius 1 is 1.15 bits per heavy atom. The molecule has 0 spiro atoms. The number of rotatable bonds is 9. The lowest BCUT2D eigenvalue weighted by molar-refractivity contribution is -0.384. The molecule has 0 radical (unpaired) electrons. The number of non-ortho nitro benzene ring substituents is 1. The number of nitrogens with one attached hydrogen (secondary N) is 1. The normalized spacial score (nSPS) is 13.0. The Labute approximate surface area is 185 Å². The lowest BCUT2D eigenvalue weighted by Crippen LogP contribution is -2.48. The van der Waals surface area contributed by atoms with Gasteiger partial charge in [-0.25, -0.2) is 0 Å². The number of primary amides is 1. The summed E-state index contributed by atoms with van der Waals surface area (Å²) in [7, 11) is 0. The molecule has 9 nitrogen and oxygen atoms in total. The summed E-state index contributed by atoms with van der Waals surface area (Å²) in [4.78, 5) is 47.2. The number of amides is 2. The molecule has 12 heteroatoms. The van der Waals surface area contributed by atoms with E-state index in [0.717, 1.165) is 30.3 Å². The quantitative estimate of drug-likeness (QED) is 0.330. The highest BCUT2D eigenvalue weighted by molar-refractivity contribution is 5.98. The van der Waals surface area contributed by atoms with Crippen molar-refractivity contribution in [1.29, 1.82) is 0 Å². The van der Waals surface area contributed by atoms with E-state index in [-0.39, 0.29) is 23.4 Å². The summed E-state index contributed by atoms with van der Waals surface area (Å²) in [6, 6.07) is 6.86. The fourth-order valence-electron chi connectivity index (χ4n) is 3.10. The number of nitrogens with zero attached hydrogens (tertiary/aromatic N) is 1.